The smallest absolute Gasteiger partial charge is 0.239 e. The van der Waals surface area contributed by atoms with Crippen molar-refractivity contribution >= 4 is 11.8 Å². The van der Waals surface area contributed by atoms with Crippen LogP contribution >= 0.6 is 0 Å². The number of rotatable bonds is 4. The van der Waals surface area contributed by atoms with Crippen LogP contribution in [-0.4, -0.2) is 49.4 Å². The zero-order valence-corrected chi connectivity index (χ0v) is 9.38. The van der Waals surface area contributed by atoms with Gasteiger partial charge < -0.3 is 10.2 Å². The zero-order chi connectivity index (χ0) is 11.3. The predicted molar refractivity (Wildman–Crippen MR) is 57.3 cm³/mol. The molecule has 0 radical (unpaired) electrons. The largest absolute Gasteiger partial charge is 0.358 e. The Morgan fingerprint density at radius 2 is 1.93 bits per heavy atom. The van der Waals surface area contributed by atoms with Crippen molar-refractivity contribution in [1.82, 2.24) is 15.5 Å². The van der Waals surface area contributed by atoms with Crippen LogP contribution in [-0.2, 0) is 9.59 Å². The molecule has 1 unspecified atom stereocenters. The Labute approximate surface area is 90.2 Å². The number of nitrogens with one attached hydrogen (secondary N) is 2. The van der Waals surface area contributed by atoms with E-state index in [9.17, 15) is 9.59 Å². The van der Waals surface area contributed by atoms with Crippen LogP contribution in [0.25, 0.3) is 0 Å². The molecule has 1 heterocycles. The van der Waals surface area contributed by atoms with E-state index in [2.05, 4.69) is 10.6 Å². The highest BCUT2D eigenvalue weighted by Crippen LogP contribution is 2.08. The summed E-state index contributed by atoms with van der Waals surface area (Å²) in [6.07, 6.45) is 2.18. The van der Waals surface area contributed by atoms with Crippen LogP contribution in [0.3, 0.4) is 0 Å². The molecule has 15 heavy (non-hydrogen) atoms. The lowest BCUT2D eigenvalue weighted by atomic mass is 10.3. The Morgan fingerprint density at radius 3 is 2.47 bits per heavy atom. The Morgan fingerprint density at radius 1 is 1.33 bits per heavy atom. The summed E-state index contributed by atoms with van der Waals surface area (Å²) in [6, 6.07) is -0.277. The molecule has 0 aromatic heterocycles. The maximum Gasteiger partial charge on any atom is 0.239 e. The van der Waals surface area contributed by atoms with E-state index in [-0.39, 0.29) is 24.4 Å². The molecule has 1 rings (SSSR count). The molecule has 0 aromatic carbocycles. The van der Waals surface area contributed by atoms with Gasteiger partial charge >= 0.3 is 0 Å². The standard InChI is InChI=1S/C10H19N3O2/c1-8(12-7-9(14)11-2)10(15)13-5-3-4-6-13/h8,12H,3-7H2,1-2H3,(H,11,14). The first-order valence-electron chi connectivity index (χ1n) is 5.38. The van der Waals surface area contributed by atoms with Crippen LogP contribution in [0.1, 0.15) is 19.8 Å². The molecule has 86 valence electrons. The van der Waals surface area contributed by atoms with Gasteiger partial charge in [-0.15, -0.1) is 0 Å². The van der Waals surface area contributed by atoms with Gasteiger partial charge in [-0.3, -0.25) is 14.9 Å². The third kappa shape index (κ3) is 3.51. The number of nitrogens with zero attached hydrogens (tertiary/aromatic N) is 1. The monoisotopic (exact) mass is 213 g/mol. The first-order chi connectivity index (χ1) is 7.15. The van der Waals surface area contributed by atoms with Gasteiger partial charge in [-0.05, 0) is 19.8 Å². The first-order valence-corrected chi connectivity index (χ1v) is 5.38. The van der Waals surface area contributed by atoms with E-state index in [1.54, 1.807) is 14.0 Å². The first kappa shape index (κ1) is 12.0. The number of amides is 2. The molecule has 0 saturated carbocycles. The van der Waals surface area contributed by atoms with Gasteiger partial charge in [0.1, 0.15) is 0 Å². The van der Waals surface area contributed by atoms with Gasteiger partial charge in [0.05, 0.1) is 12.6 Å². The van der Waals surface area contributed by atoms with Crippen LogP contribution in [0.5, 0.6) is 0 Å². The van der Waals surface area contributed by atoms with E-state index in [1.165, 1.54) is 0 Å². The fourth-order valence-electron chi connectivity index (χ4n) is 1.63. The maximum atomic E-state index is 11.8. The van der Waals surface area contributed by atoms with Gasteiger partial charge in [0.25, 0.3) is 0 Å². The fraction of sp³-hybridized carbons (Fsp3) is 0.800. The summed E-state index contributed by atoms with van der Waals surface area (Å²) in [5.41, 5.74) is 0. The Hall–Kier alpha value is -1.10. The number of carbonyl (C=O) groups is 2. The van der Waals surface area contributed by atoms with Gasteiger partial charge in [0, 0.05) is 20.1 Å². The van der Waals surface area contributed by atoms with Crippen LogP contribution < -0.4 is 10.6 Å². The normalized spacial score (nSPS) is 17.6. The Kier molecular flexibility index (Phi) is 4.55. The van der Waals surface area contributed by atoms with Gasteiger partial charge in [-0.25, -0.2) is 0 Å². The molecular formula is C10H19N3O2. The molecule has 0 aliphatic carbocycles. The second kappa shape index (κ2) is 5.70. The quantitative estimate of drug-likeness (QED) is 0.651. The van der Waals surface area contributed by atoms with E-state index >= 15 is 0 Å². The van der Waals surface area contributed by atoms with Crippen molar-refractivity contribution in [1.29, 1.82) is 0 Å². The highest BCUT2D eigenvalue weighted by molar-refractivity contribution is 5.83. The molecule has 0 spiro atoms. The highest BCUT2D eigenvalue weighted by Gasteiger charge is 2.22. The molecule has 0 bridgehead atoms. The molecule has 1 fully saturated rings. The minimum atomic E-state index is -0.277. The molecule has 1 aliphatic rings. The van der Waals surface area contributed by atoms with Crippen molar-refractivity contribution < 1.29 is 9.59 Å². The number of carbonyl (C=O) groups excluding carboxylic acids is 2. The third-order valence-electron chi connectivity index (χ3n) is 2.64. The van der Waals surface area contributed by atoms with E-state index in [0.29, 0.717) is 0 Å². The Balaban J connectivity index is 2.29. The van der Waals surface area contributed by atoms with Crippen LogP contribution in [0, 0.1) is 0 Å². The summed E-state index contributed by atoms with van der Waals surface area (Å²) >= 11 is 0. The van der Waals surface area contributed by atoms with E-state index in [1.807, 2.05) is 4.90 Å². The van der Waals surface area contributed by atoms with Gasteiger partial charge in [-0.1, -0.05) is 0 Å². The molecular weight excluding hydrogens is 194 g/mol. The third-order valence-corrected chi connectivity index (χ3v) is 2.64. The summed E-state index contributed by atoms with van der Waals surface area (Å²) in [6.45, 7) is 3.69. The van der Waals surface area contributed by atoms with Crippen LogP contribution in [0.4, 0.5) is 0 Å². The van der Waals surface area contributed by atoms with Crippen molar-refractivity contribution in [3.8, 4) is 0 Å². The molecule has 1 aliphatic heterocycles. The van der Waals surface area contributed by atoms with Crippen molar-refractivity contribution in [2.45, 2.75) is 25.8 Å². The minimum Gasteiger partial charge on any atom is -0.358 e. The fourth-order valence-corrected chi connectivity index (χ4v) is 1.63. The summed E-state index contributed by atoms with van der Waals surface area (Å²) in [4.78, 5) is 24.6. The number of hydrogen-bond donors (Lipinski definition) is 2. The summed E-state index contributed by atoms with van der Waals surface area (Å²) < 4.78 is 0. The average Bonchev–Trinajstić information content (AvgIpc) is 2.77. The van der Waals surface area contributed by atoms with Crippen molar-refractivity contribution in [3.05, 3.63) is 0 Å². The molecule has 1 atom stereocenters. The second-order valence-corrected chi connectivity index (χ2v) is 3.81. The van der Waals surface area contributed by atoms with E-state index < -0.39 is 0 Å². The number of likely N-dealkylation sites (tertiary alicyclic amines) is 1. The topological polar surface area (TPSA) is 61.4 Å². The molecule has 2 N–H and O–H groups in total. The summed E-state index contributed by atoms with van der Waals surface area (Å²) in [7, 11) is 1.58. The lowest BCUT2D eigenvalue weighted by Gasteiger charge is -2.20. The average molecular weight is 213 g/mol. The maximum absolute atomic E-state index is 11.8. The minimum absolute atomic E-state index is 0.0939. The summed E-state index contributed by atoms with van der Waals surface area (Å²) in [5, 5.41) is 5.41. The Bertz CT molecular complexity index is 237. The van der Waals surface area contributed by atoms with Crippen molar-refractivity contribution in [2.75, 3.05) is 26.7 Å². The van der Waals surface area contributed by atoms with E-state index in [0.717, 1.165) is 25.9 Å². The second-order valence-electron chi connectivity index (χ2n) is 3.81. The lowest BCUT2D eigenvalue weighted by Crippen LogP contribution is -2.46. The number of hydrogen-bond acceptors (Lipinski definition) is 3. The number of likely N-dealkylation sites (N-methyl/N-ethyl adjacent to an activating group) is 1. The molecule has 0 aromatic rings. The molecule has 2 amide bonds. The van der Waals surface area contributed by atoms with E-state index in [4.69, 9.17) is 0 Å². The van der Waals surface area contributed by atoms with Crippen LogP contribution in [0.2, 0.25) is 0 Å². The lowest BCUT2D eigenvalue weighted by molar-refractivity contribution is -0.132. The van der Waals surface area contributed by atoms with Gasteiger partial charge in [0.2, 0.25) is 11.8 Å². The van der Waals surface area contributed by atoms with Gasteiger partial charge in [0.15, 0.2) is 0 Å². The molecule has 5 heteroatoms. The van der Waals surface area contributed by atoms with Crippen LogP contribution in [0.15, 0.2) is 0 Å². The van der Waals surface area contributed by atoms with Crippen molar-refractivity contribution in [2.24, 2.45) is 0 Å². The molecule has 5 nitrogen and oxygen atoms in total. The SMILES string of the molecule is CNC(=O)CNC(C)C(=O)N1CCCC1. The summed E-state index contributed by atoms with van der Waals surface area (Å²) in [5.74, 6) is -0.00697. The molecule has 1 saturated heterocycles. The predicted octanol–water partition coefficient (Wildman–Crippen LogP) is -0.667. The van der Waals surface area contributed by atoms with Gasteiger partial charge in [-0.2, -0.15) is 0 Å². The highest BCUT2D eigenvalue weighted by atomic mass is 16.2. The van der Waals surface area contributed by atoms with Crippen molar-refractivity contribution in [3.63, 3.8) is 0 Å². The zero-order valence-electron chi connectivity index (χ0n) is 9.38.